The molecule has 3 heterocycles. The molecular formula is C22H28ClN7. The van der Waals surface area contributed by atoms with Gasteiger partial charge in [0.2, 0.25) is 0 Å². The van der Waals surface area contributed by atoms with Crippen molar-refractivity contribution in [1.82, 2.24) is 30.1 Å². The van der Waals surface area contributed by atoms with Crippen LogP contribution in [0.1, 0.15) is 37.2 Å². The number of halogens is 1. The van der Waals surface area contributed by atoms with Crippen LogP contribution in [0.2, 0.25) is 5.02 Å². The molecule has 0 radical (unpaired) electrons. The van der Waals surface area contributed by atoms with Crippen molar-refractivity contribution < 1.29 is 0 Å². The average molecular weight is 426 g/mol. The molecule has 158 valence electrons. The first-order valence-corrected chi connectivity index (χ1v) is 10.9. The number of aromatic nitrogens is 3. The molecule has 0 bridgehead atoms. The number of benzene rings is 1. The monoisotopic (exact) mass is 425 g/mol. The number of hydrogen-bond donors (Lipinski definition) is 2. The third-order valence-electron chi connectivity index (χ3n) is 5.38. The Bertz CT molecular complexity index is 994. The number of fused-ring (bicyclic) bond motifs is 1. The Labute approximate surface area is 182 Å². The largest absolute Gasteiger partial charge is 0.357 e. The second kappa shape index (κ2) is 9.91. The van der Waals surface area contributed by atoms with Crippen LogP contribution >= 0.6 is 11.6 Å². The van der Waals surface area contributed by atoms with Gasteiger partial charge in [-0.15, -0.1) is 10.2 Å². The van der Waals surface area contributed by atoms with E-state index < -0.39 is 0 Å². The highest BCUT2D eigenvalue weighted by molar-refractivity contribution is 6.30. The highest BCUT2D eigenvalue weighted by Gasteiger charge is 2.24. The van der Waals surface area contributed by atoms with E-state index in [0.717, 1.165) is 48.6 Å². The van der Waals surface area contributed by atoms with Crippen molar-refractivity contribution in [2.24, 2.45) is 4.99 Å². The Morgan fingerprint density at radius 1 is 1.13 bits per heavy atom. The number of rotatable bonds is 7. The standard InChI is InChI=1S/C22H28ClN7/c1-2-24-22(26-16-21-28-27-20-10-3-4-13-30(20)21)25-15-19(29-11-5-6-12-29)17-8-7-9-18(23)14-17/h3-4,7-10,13-14,19H,2,5-6,11-12,15-16H2,1H3,(H2,24,25,26). The van der Waals surface area contributed by atoms with Gasteiger partial charge < -0.3 is 10.6 Å². The van der Waals surface area contributed by atoms with Gasteiger partial charge in [-0.1, -0.05) is 29.8 Å². The van der Waals surface area contributed by atoms with Crippen molar-refractivity contribution in [1.29, 1.82) is 0 Å². The molecule has 0 saturated carbocycles. The first-order chi connectivity index (χ1) is 14.7. The van der Waals surface area contributed by atoms with Gasteiger partial charge in [0, 0.05) is 24.3 Å². The van der Waals surface area contributed by atoms with Crippen LogP contribution in [0.3, 0.4) is 0 Å². The molecule has 1 atom stereocenters. The zero-order valence-electron chi connectivity index (χ0n) is 17.3. The van der Waals surface area contributed by atoms with E-state index in [1.54, 1.807) is 0 Å². The summed E-state index contributed by atoms with van der Waals surface area (Å²) in [5, 5.41) is 16.1. The Kier molecular flexibility index (Phi) is 6.81. The third kappa shape index (κ3) is 4.91. The smallest absolute Gasteiger partial charge is 0.191 e. The average Bonchev–Trinajstić information content (AvgIpc) is 3.42. The van der Waals surface area contributed by atoms with Gasteiger partial charge in [0.1, 0.15) is 6.54 Å². The molecule has 1 aliphatic heterocycles. The summed E-state index contributed by atoms with van der Waals surface area (Å²) in [6.45, 7) is 6.28. The van der Waals surface area contributed by atoms with Gasteiger partial charge in [-0.05, 0) is 62.7 Å². The van der Waals surface area contributed by atoms with E-state index in [0.29, 0.717) is 6.54 Å². The zero-order valence-corrected chi connectivity index (χ0v) is 18.0. The third-order valence-corrected chi connectivity index (χ3v) is 5.62. The summed E-state index contributed by atoms with van der Waals surface area (Å²) in [6, 6.07) is 14.3. The molecule has 2 N–H and O–H groups in total. The van der Waals surface area contributed by atoms with E-state index in [1.807, 2.05) is 40.9 Å². The van der Waals surface area contributed by atoms with Gasteiger partial charge in [0.15, 0.2) is 17.4 Å². The predicted molar refractivity (Wildman–Crippen MR) is 121 cm³/mol. The van der Waals surface area contributed by atoms with Crippen LogP contribution in [0.15, 0.2) is 53.7 Å². The van der Waals surface area contributed by atoms with Gasteiger partial charge in [-0.25, -0.2) is 4.99 Å². The molecule has 0 aliphatic carbocycles. The number of likely N-dealkylation sites (tertiary alicyclic amines) is 1. The van der Waals surface area contributed by atoms with E-state index in [-0.39, 0.29) is 6.04 Å². The fourth-order valence-electron chi connectivity index (χ4n) is 3.91. The zero-order chi connectivity index (χ0) is 20.8. The Balaban J connectivity index is 1.48. The number of nitrogens with one attached hydrogen (secondary N) is 2. The summed E-state index contributed by atoms with van der Waals surface area (Å²) in [5.41, 5.74) is 2.06. The van der Waals surface area contributed by atoms with Crippen LogP contribution in [0.5, 0.6) is 0 Å². The van der Waals surface area contributed by atoms with E-state index in [4.69, 9.17) is 16.6 Å². The Morgan fingerprint density at radius 3 is 2.80 bits per heavy atom. The van der Waals surface area contributed by atoms with Crippen LogP contribution in [0, 0.1) is 0 Å². The number of nitrogens with zero attached hydrogens (tertiary/aromatic N) is 5. The number of aliphatic imine (C=N–C) groups is 1. The second-order valence-corrected chi connectivity index (χ2v) is 7.87. The molecule has 3 aromatic rings. The van der Waals surface area contributed by atoms with Crippen LogP contribution in [0.4, 0.5) is 0 Å². The van der Waals surface area contributed by atoms with Crippen molar-refractivity contribution in [3.8, 4) is 0 Å². The predicted octanol–water partition coefficient (Wildman–Crippen LogP) is 3.27. The molecule has 30 heavy (non-hydrogen) atoms. The summed E-state index contributed by atoms with van der Waals surface area (Å²) < 4.78 is 1.96. The molecule has 1 saturated heterocycles. The van der Waals surface area contributed by atoms with Gasteiger partial charge in [-0.3, -0.25) is 9.30 Å². The highest BCUT2D eigenvalue weighted by Crippen LogP contribution is 2.26. The lowest BCUT2D eigenvalue weighted by atomic mass is 10.1. The number of guanidine groups is 1. The first kappa shape index (κ1) is 20.6. The molecule has 1 unspecified atom stereocenters. The highest BCUT2D eigenvalue weighted by atomic mass is 35.5. The number of pyridine rings is 1. The maximum Gasteiger partial charge on any atom is 0.191 e. The van der Waals surface area contributed by atoms with Crippen LogP contribution in [-0.2, 0) is 6.54 Å². The minimum absolute atomic E-state index is 0.254. The molecule has 1 aromatic carbocycles. The van der Waals surface area contributed by atoms with Crippen molar-refractivity contribution in [2.75, 3.05) is 26.2 Å². The van der Waals surface area contributed by atoms with Gasteiger partial charge in [0.25, 0.3) is 0 Å². The lowest BCUT2D eigenvalue weighted by molar-refractivity contribution is 0.245. The molecule has 1 fully saturated rings. The quantitative estimate of drug-likeness (QED) is 0.449. The van der Waals surface area contributed by atoms with E-state index in [2.05, 4.69) is 44.8 Å². The normalized spacial score (nSPS) is 16.1. The molecule has 7 nitrogen and oxygen atoms in total. The van der Waals surface area contributed by atoms with E-state index >= 15 is 0 Å². The van der Waals surface area contributed by atoms with E-state index in [9.17, 15) is 0 Å². The second-order valence-electron chi connectivity index (χ2n) is 7.44. The summed E-state index contributed by atoms with van der Waals surface area (Å²) in [4.78, 5) is 7.26. The lowest BCUT2D eigenvalue weighted by Gasteiger charge is -2.29. The molecule has 0 amide bonds. The van der Waals surface area contributed by atoms with Crippen molar-refractivity contribution >= 4 is 23.2 Å². The van der Waals surface area contributed by atoms with Crippen molar-refractivity contribution in [2.45, 2.75) is 32.4 Å². The maximum atomic E-state index is 6.27. The molecule has 8 heteroatoms. The Hall–Kier alpha value is -2.64. The minimum atomic E-state index is 0.254. The number of hydrogen-bond acceptors (Lipinski definition) is 4. The summed E-state index contributed by atoms with van der Waals surface area (Å²) in [7, 11) is 0. The maximum absolute atomic E-state index is 6.27. The molecule has 2 aromatic heterocycles. The summed E-state index contributed by atoms with van der Waals surface area (Å²) in [6.07, 6.45) is 4.44. The molecule has 0 spiro atoms. The van der Waals surface area contributed by atoms with Crippen LogP contribution in [-0.4, -0.2) is 51.6 Å². The first-order valence-electron chi connectivity index (χ1n) is 10.5. The van der Waals surface area contributed by atoms with Gasteiger partial charge in [0.05, 0.1) is 6.04 Å². The van der Waals surface area contributed by atoms with Gasteiger partial charge in [-0.2, -0.15) is 0 Å². The van der Waals surface area contributed by atoms with Gasteiger partial charge >= 0.3 is 0 Å². The molecule has 1 aliphatic rings. The molecule has 4 rings (SSSR count). The summed E-state index contributed by atoms with van der Waals surface area (Å²) >= 11 is 6.27. The van der Waals surface area contributed by atoms with Crippen molar-refractivity contribution in [3.63, 3.8) is 0 Å². The Morgan fingerprint density at radius 2 is 2.00 bits per heavy atom. The SMILES string of the molecule is CCNC(=NCc1nnc2ccccn12)NCC(c1cccc(Cl)c1)N1CCCC1. The van der Waals surface area contributed by atoms with Crippen LogP contribution < -0.4 is 10.6 Å². The van der Waals surface area contributed by atoms with E-state index in [1.165, 1.54) is 18.4 Å². The fourth-order valence-corrected chi connectivity index (χ4v) is 4.11. The minimum Gasteiger partial charge on any atom is -0.357 e. The van der Waals surface area contributed by atoms with Crippen molar-refractivity contribution in [3.05, 3.63) is 65.1 Å². The summed E-state index contributed by atoms with van der Waals surface area (Å²) in [5.74, 6) is 1.59. The molecular weight excluding hydrogens is 398 g/mol. The topological polar surface area (TPSA) is 69.8 Å². The van der Waals surface area contributed by atoms with Crippen LogP contribution in [0.25, 0.3) is 5.65 Å². The fraction of sp³-hybridized carbons (Fsp3) is 0.409. The lowest BCUT2D eigenvalue weighted by Crippen LogP contribution is -2.42.